The number of rotatable bonds is 4. The summed E-state index contributed by atoms with van der Waals surface area (Å²) in [6, 6.07) is 4.55. The number of halogens is 2. The van der Waals surface area contributed by atoms with Crippen LogP contribution in [0.5, 0.6) is 0 Å². The summed E-state index contributed by atoms with van der Waals surface area (Å²) in [5, 5.41) is 2.65. The predicted octanol–water partition coefficient (Wildman–Crippen LogP) is 3.61. The van der Waals surface area contributed by atoms with Crippen molar-refractivity contribution in [1.29, 1.82) is 0 Å². The van der Waals surface area contributed by atoms with E-state index in [-0.39, 0.29) is 5.56 Å². The van der Waals surface area contributed by atoms with Crippen molar-refractivity contribution in [2.45, 2.75) is 25.4 Å². The molecule has 3 nitrogen and oxygen atoms in total. The van der Waals surface area contributed by atoms with Gasteiger partial charge in [0.15, 0.2) is 0 Å². The van der Waals surface area contributed by atoms with Crippen LogP contribution in [0.15, 0.2) is 23.6 Å². The summed E-state index contributed by atoms with van der Waals surface area (Å²) in [6.45, 7) is 2.82. The summed E-state index contributed by atoms with van der Waals surface area (Å²) < 4.78 is 27.7. The number of hydrogen-bond acceptors (Lipinski definition) is 4. The van der Waals surface area contributed by atoms with Gasteiger partial charge >= 0.3 is 0 Å². The second kappa shape index (κ2) is 7.03. The molecular formula is C17H21F2N3S. The highest BCUT2D eigenvalue weighted by Crippen LogP contribution is 2.28. The van der Waals surface area contributed by atoms with Gasteiger partial charge in [-0.2, -0.15) is 0 Å². The zero-order valence-electron chi connectivity index (χ0n) is 13.4. The Kier molecular flexibility index (Phi) is 5.04. The molecule has 1 aromatic heterocycles. The molecule has 0 amide bonds. The smallest absolute Gasteiger partial charge is 0.135 e. The fourth-order valence-corrected chi connectivity index (χ4v) is 3.85. The Balaban J connectivity index is 1.67. The summed E-state index contributed by atoms with van der Waals surface area (Å²) in [6.07, 6.45) is 2.29. The van der Waals surface area contributed by atoms with Gasteiger partial charge in [-0.05, 0) is 39.1 Å². The van der Waals surface area contributed by atoms with E-state index in [0.717, 1.165) is 37.5 Å². The van der Waals surface area contributed by atoms with E-state index in [1.165, 1.54) is 29.5 Å². The second-order valence-electron chi connectivity index (χ2n) is 6.19. The van der Waals surface area contributed by atoms with Crippen LogP contribution in [-0.2, 0) is 6.54 Å². The summed E-state index contributed by atoms with van der Waals surface area (Å²) >= 11 is 1.47. The maximum atomic E-state index is 13.8. The number of benzene rings is 1. The van der Waals surface area contributed by atoms with Crippen molar-refractivity contribution < 1.29 is 8.78 Å². The van der Waals surface area contributed by atoms with Crippen LogP contribution in [-0.4, -0.2) is 48.0 Å². The van der Waals surface area contributed by atoms with Gasteiger partial charge in [0.25, 0.3) is 0 Å². The first-order valence-corrected chi connectivity index (χ1v) is 8.70. The minimum Gasteiger partial charge on any atom is -0.306 e. The molecule has 23 heavy (non-hydrogen) atoms. The molecule has 6 heteroatoms. The highest BCUT2D eigenvalue weighted by atomic mass is 32.1. The van der Waals surface area contributed by atoms with Crippen molar-refractivity contribution in [3.8, 4) is 11.3 Å². The van der Waals surface area contributed by atoms with Gasteiger partial charge in [-0.1, -0.05) is 6.07 Å². The number of hydrogen-bond donors (Lipinski definition) is 0. The average Bonchev–Trinajstić information content (AvgIpc) is 2.96. The Bertz CT molecular complexity index is 643. The van der Waals surface area contributed by atoms with Crippen molar-refractivity contribution in [2.24, 2.45) is 0 Å². The van der Waals surface area contributed by atoms with E-state index < -0.39 is 11.6 Å². The number of nitrogens with zero attached hydrogens (tertiary/aromatic N) is 3. The Morgan fingerprint density at radius 3 is 2.48 bits per heavy atom. The molecule has 0 saturated carbocycles. The van der Waals surface area contributed by atoms with Crippen LogP contribution in [0.25, 0.3) is 11.3 Å². The molecule has 0 N–H and O–H groups in total. The summed E-state index contributed by atoms with van der Waals surface area (Å²) in [7, 11) is 4.24. The third-order valence-corrected chi connectivity index (χ3v) is 5.25. The maximum absolute atomic E-state index is 13.8. The lowest BCUT2D eigenvalue weighted by molar-refractivity contribution is 0.140. The van der Waals surface area contributed by atoms with Gasteiger partial charge in [0.05, 0.1) is 17.8 Å². The zero-order chi connectivity index (χ0) is 16.4. The van der Waals surface area contributed by atoms with Crippen LogP contribution < -0.4 is 0 Å². The first-order valence-electron chi connectivity index (χ1n) is 7.82. The van der Waals surface area contributed by atoms with Crippen LogP contribution in [0.4, 0.5) is 8.78 Å². The molecule has 1 aromatic carbocycles. The Hall–Kier alpha value is -1.37. The monoisotopic (exact) mass is 337 g/mol. The summed E-state index contributed by atoms with van der Waals surface area (Å²) in [5.74, 6) is -1.12. The highest BCUT2D eigenvalue weighted by molar-refractivity contribution is 7.09. The Labute approximate surface area is 139 Å². The summed E-state index contributed by atoms with van der Waals surface area (Å²) in [5.41, 5.74) is 0.366. The molecule has 0 atom stereocenters. The minimum atomic E-state index is -0.561. The predicted molar refractivity (Wildman–Crippen MR) is 89.5 cm³/mol. The molecule has 0 bridgehead atoms. The first kappa shape index (κ1) is 16.5. The van der Waals surface area contributed by atoms with Crippen molar-refractivity contribution >= 4 is 11.3 Å². The van der Waals surface area contributed by atoms with Gasteiger partial charge < -0.3 is 4.90 Å². The molecule has 2 heterocycles. The third-order valence-electron chi connectivity index (χ3n) is 4.42. The Morgan fingerprint density at radius 1 is 1.22 bits per heavy atom. The molecule has 1 aliphatic heterocycles. The molecule has 0 radical (unpaired) electrons. The molecule has 0 unspecified atom stereocenters. The molecule has 1 saturated heterocycles. The SMILES string of the molecule is CN(C)C1CCN(Cc2nc(-c3c(F)cccc3F)cs2)CC1. The van der Waals surface area contributed by atoms with E-state index in [1.807, 2.05) is 0 Å². The van der Waals surface area contributed by atoms with Crippen molar-refractivity contribution in [1.82, 2.24) is 14.8 Å². The van der Waals surface area contributed by atoms with E-state index in [4.69, 9.17) is 0 Å². The van der Waals surface area contributed by atoms with E-state index in [0.29, 0.717) is 11.7 Å². The normalized spacial score (nSPS) is 17.1. The quantitative estimate of drug-likeness (QED) is 0.849. The lowest BCUT2D eigenvalue weighted by atomic mass is 10.0. The van der Waals surface area contributed by atoms with Crippen LogP contribution in [0.2, 0.25) is 0 Å². The van der Waals surface area contributed by atoms with Crippen LogP contribution in [0, 0.1) is 11.6 Å². The highest BCUT2D eigenvalue weighted by Gasteiger charge is 2.22. The van der Waals surface area contributed by atoms with Crippen LogP contribution in [0.3, 0.4) is 0 Å². The molecule has 1 aliphatic rings. The van der Waals surface area contributed by atoms with Gasteiger partial charge in [-0.3, -0.25) is 4.90 Å². The fourth-order valence-electron chi connectivity index (χ4n) is 3.03. The number of aromatic nitrogens is 1. The average molecular weight is 337 g/mol. The van der Waals surface area contributed by atoms with Crippen molar-refractivity contribution in [3.63, 3.8) is 0 Å². The molecule has 0 aliphatic carbocycles. The van der Waals surface area contributed by atoms with E-state index in [9.17, 15) is 8.78 Å². The second-order valence-corrected chi connectivity index (χ2v) is 7.14. The lowest BCUT2D eigenvalue weighted by Gasteiger charge is -2.34. The van der Waals surface area contributed by atoms with Gasteiger partial charge in [-0.25, -0.2) is 13.8 Å². The molecule has 2 aromatic rings. The fraction of sp³-hybridized carbons (Fsp3) is 0.471. The number of piperidine rings is 1. The molecule has 124 valence electrons. The zero-order valence-corrected chi connectivity index (χ0v) is 14.2. The molecule has 3 rings (SSSR count). The van der Waals surface area contributed by atoms with E-state index in [2.05, 4.69) is 28.9 Å². The van der Waals surface area contributed by atoms with Crippen molar-refractivity contribution in [2.75, 3.05) is 27.2 Å². The van der Waals surface area contributed by atoms with Crippen LogP contribution in [0.1, 0.15) is 17.8 Å². The summed E-state index contributed by atoms with van der Waals surface area (Å²) in [4.78, 5) is 9.08. The largest absolute Gasteiger partial charge is 0.306 e. The minimum absolute atomic E-state index is 0.0266. The molecule has 0 spiro atoms. The van der Waals surface area contributed by atoms with E-state index >= 15 is 0 Å². The topological polar surface area (TPSA) is 19.4 Å². The van der Waals surface area contributed by atoms with Gasteiger partial charge in [0.1, 0.15) is 16.6 Å². The van der Waals surface area contributed by atoms with Gasteiger partial charge in [-0.15, -0.1) is 11.3 Å². The Morgan fingerprint density at radius 2 is 1.87 bits per heavy atom. The standard InChI is InChI=1S/C17H21F2N3S/c1-21(2)12-6-8-22(9-7-12)10-16-20-15(11-23-16)17-13(18)4-3-5-14(17)19/h3-5,11-12H,6-10H2,1-2H3. The maximum Gasteiger partial charge on any atom is 0.135 e. The van der Waals surface area contributed by atoms with E-state index in [1.54, 1.807) is 5.38 Å². The molecular weight excluding hydrogens is 316 g/mol. The van der Waals surface area contributed by atoms with Crippen molar-refractivity contribution in [3.05, 3.63) is 40.2 Å². The van der Waals surface area contributed by atoms with Gasteiger partial charge in [0, 0.05) is 24.5 Å². The molecule has 1 fully saturated rings. The number of thiazole rings is 1. The number of likely N-dealkylation sites (tertiary alicyclic amines) is 1. The van der Waals surface area contributed by atoms with Crippen LogP contribution >= 0.6 is 11.3 Å². The third kappa shape index (κ3) is 3.76. The lowest BCUT2D eigenvalue weighted by Crippen LogP contribution is -2.41. The first-order chi connectivity index (χ1) is 11.0. The van der Waals surface area contributed by atoms with Gasteiger partial charge in [0.2, 0.25) is 0 Å².